The van der Waals surface area contributed by atoms with Crippen molar-refractivity contribution in [3.05, 3.63) is 11.6 Å². The van der Waals surface area contributed by atoms with E-state index in [-0.39, 0.29) is 6.61 Å². The molecule has 0 aliphatic carbocycles. The highest BCUT2D eigenvalue weighted by Gasteiger charge is 1.94. The van der Waals surface area contributed by atoms with Crippen molar-refractivity contribution >= 4 is 0 Å². The maximum absolute atomic E-state index is 8.49. The molecule has 0 atom stereocenters. The second-order valence-corrected chi connectivity index (χ2v) is 3.16. The van der Waals surface area contributed by atoms with E-state index in [4.69, 9.17) is 9.84 Å². The lowest BCUT2D eigenvalue weighted by atomic mass is 10.1. The van der Waals surface area contributed by atoms with Crippen LogP contribution in [0.5, 0.6) is 0 Å². The molecule has 0 radical (unpaired) electrons. The monoisotopic (exact) mass is 186 g/mol. The minimum atomic E-state index is 0.116. The third-order valence-electron chi connectivity index (χ3n) is 1.87. The number of aliphatic hydroxyl groups excluding tert-OH is 1. The maximum atomic E-state index is 8.49. The van der Waals surface area contributed by atoms with Gasteiger partial charge in [-0.3, -0.25) is 0 Å². The van der Waals surface area contributed by atoms with Crippen molar-refractivity contribution in [1.82, 2.24) is 0 Å². The third kappa shape index (κ3) is 8.00. The topological polar surface area (TPSA) is 29.5 Å². The predicted molar refractivity (Wildman–Crippen MR) is 55.8 cm³/mol. The molecule has 0 aliphatic heterocycles. The fourth-order valence-electron chi connectivity index (χ4n) is 1.30. The first-order valence-corrected chi connectivity index (χ1v) is 5.21. The molecule has 0 aromatic rings. The molecule has 0 saturated heterocycles. The summed E-state index contributed by atoms with van der Waals surface area (Å²) in [7, 11) is 0. The Hall–Kier alpha value is -0.340. The second-order valence-electron chi connectivity index (χ2n) is 3.16. The van der Waals surface area contributed by atoms with Crippen LogP contribution in [0.1, 0.15) is 39.5 Å². The Balaban J connectivity index is 3.61. The fourth-order valence-corrected chi connectivity index (χ4v) is 1.30. The van der Waals surface area contributed by atoms with E-state index in [0.29, 0.717) is 13.2 Å². The lowest BCUT2D eigenvalue weighted by Gasteiger charge is -2.04. The van der Waals surface area contributed by atoms with Crippen molar-refractivity contribution in [2.24, 2.45) is 0 Å². The Kier molecular flexibility index (Phi) is 9.49. The van der Waals surface area contributed by atoms with Gasteiger partial charge in [-0.25, -0.2) is 0 Å². The number of rotatable bonds is 8. The lowest BCUT2D eigenvalue weighted by molar-refractivity contribution is 0.111. The molecule has 78 valence electrons. The van der Waals surface area contributed by atoms with Crippen LogP contribution in [0.25, 0.3) is 0 Å². The summed E-state index contributed by atoms with van der Waals surface area (Å²) in [6.07, 6.45) is 6.91. The Morgan fingerprint density at radius 2 is 1.85 bits per heavy atom. The number of hydrogen-bond donors (Lipinski definition) is 1. The predicted octanol–water partition coefficient (Wildman–Crippen LogP) is 2.52. The standard InChI is InChI=1S/C11H22O2/c1-3-5-11(6-4-2)7-9-13-10-8-12/h7,12H,3-6,8-10H2,1-2H3. The van der Waals surface area contributed by atoms with Crippen LogP contribution >= 0.6 is 0 Å². The Morgan fingerprint density at radius 3 is 2.31 bits per heavy atom. The third-order valence-corrected chi connectivity index (χ3v) is 1.87. The molecule has 2 heteroatoms. The Labute approximate surface area is 81.6 Å². The number of hydrogen-bond acceptors (Lipinski definition) is 2. The molecule has 0 aromatic carbocycles. The summed E-state index contributed by atoms with van der Waals surface area (Å²) in [6.45, 7) is 5.60. The zero-order chi connectivity index (χ0) is 9.94. The molecule has 0 spiro atoms. The molecule has 13 heavy (non-hydrogen) atoms. The van der Waals surface area contributed by atoms with E-state index in [1.807, 2.05) is 0 Å². The molecule has 0 aromatic heterocycles. The summed E-state index contributed by atoms with van der Waals surface area (Å²) in [5, 5.41) is 8.49. The zero-order valence-electron chi connectivity index (χ0n) is 8.88. The van der Waals surface area contributed by atoms with Gasteiger partial charge in [0.25, 0.3) is 0 Å². The van der Waals surface area contributed by atoms with Gasteiger partial charge in [0.2, 0.25) is 0 Å². The zero-order valence-corrected chi connectivity index (χ0v) is 8.88. The van der Waals surface area contributed by atoms with Crippen LogP contribution < -0.4 is 0 Å². The highest BCUT2D eigenvalue weighted by Crippen LogP contribution is 2.11. The van der Waals surface area contributed by atoms with Crippen LogP contribution in [0.2, 0.25) is 0 Å². The van der Waals surface area contributed by atoms with E-state index in [1.54, 1.807) is 0 Å². The van der Waals surface area contributed by atoms with Crippen LogP contribution in [-0.2, 0) is 4.74 Å². The van der Waals surface area contributed by atoms with Crippen molar-refractivity contribution < 1.29 is 9.84 Å². The Morgan fingerprint density at radius 1 is 1.23 bits per heavy atom. The Bertz CT molecular complexity index is 122. The first kappa shape index (κ1) is 12.7. The summed E-state index contributed by atoms with van der Waals surface area (Å²) in [4.78, 5) is 0. The van der Waals surface area contributed by atoms with E-state index in [1.165, 1.54) is 31.3 Å². The molecule has 0 rings (SSSR count). The number of aliphatic hydroxyl groups is 1. The van der Waals surface area contributed by atoms with Crippen LogP contribution in [0.3, 0.4) is 0 Å². The van der Waals surface area contributed by atoms with Gasteiger partial charge >= 0.3 is 0 Å². The molecule has 0 heterocycles. The van der Waals surface area contributed by atoms with Crippen molar-refractivity contribution in [2.45, 2.75) is 39.5 Å². The highest BCUT2D eigenvalue weighted by molar-refractivity contribution is 5.01. The van der Waals surface area contributed by atoms with Gasteiger partial charge in [0.1, 0.15) is 0 Å². The smallest absolute Gasteiger partial charge is 0.0701 e. The van der Waals surface area contributed by atoms with Gasteiger partial charge in [-0.15, -0.1) is 0 Å². The molecule has 0 unspecified atom stereocenters. The summed E-state index contributed by atoms with van der Waals surface area (Å²) in [6, 6.07) is 0. The summed E-state index contributed by atoms with van der Waals surface area (Å²) >= 11 is 0. The van der Waals surface area contributed by atoms with Crippen molar-refractivity contribution in [1.29, 1.82) is 0 Å². The van der Waals surface area contributed by atoms with E-state index < -0.39 is 0 Å². The number of ether oxygens (including phenoxy) is 1. The van der Waals surface area contributed by atoms with Gasteiger partial charge in [-0.1, -0.05) is 38.3 Å². The average molecular weight is 186 g/mol. The minimum Gasteiger partial charge on any atom is -0.394 e. The van der Waals surface area contributed by atoms with Gasteiger partial charge < -0.3 is 9.84 Å². The van der Waals surface area contributed by atoms with Crippen molar-refractivity contribution in [3.8, 4) is 0 Å². The molecule has 0 fully saturated rings. The highest BCUT2D eigenvalue weighted by atomic mass is 16.5. The molecule has 1 N–H and O–H groups in total. The van der Waals surface area contributed by atoms with E-state index >= 15 is 0 Å². The quantitative estimate of drug-likeness (QED) is 0.466. The molecular weight excluding hydrogens is 164 g/mol. The lowest BCUT2D eigenvalue weighted by Crippen LogP contribution is -1.99. The van der Waals surface area contributed by atoms with Crippen LogP contribution in [0, 0.1) is 0 Å². The fraction of sp³-hybridized carbons (Fsp3) is 0.818. The summed E-state index contributed by atoms with van der Waals surface area (Å²) < 4.78 is 5.18. The second kappa shape index (κ2) is 9.75. The number of allylic oxidation sites excluding steroid dienone is 1. The van der Waals surface area contributed by atoms with Gasteiger partial charge in [0.05, 0.1) is 19.8 Å². The summed E-state index contributed by atoms with van der Waals surface area (Å²) in [5.41, 5.74) is 1.49. The van der Waals surface area contributed by atoms with E-state index in [0.717, 1.165) is 0 Å². The van der Waals surface area contributed by atoms with Gasteiger partial charge in [-0.2, -0.15) is 0 Å². The molecule has 0 amide bonds. The largest absolute Gasteiger partial charge is 0.394 e. The van der Waals surface area contributed by atoms with E-state index in [2.05, 4.69) is 19.9 Å². The van der Waals surface area contributed by atoms with Crippen LogP contribution in [0.15, 0.2) is 11.6 Å². The normalized spacial score (nSPS) is 10.1. The minimum absolute atomic E-state index is 0.116. The van der Waals surface area contributed by atoms with Gasteiger partial charge in [0.15, 0.2) is 0 Å². The molecular formula is C11H22O2. The average Bonchev–Trinajstić information content (AvgIpc) is 2.13. The van der Waals surface area contributed by atoms with Crippen LogP contribution in [-0.4, -0.2) is 24.9 Å². The van der Waals surface area contributed by atoms with Crippen LogP contribution in [0.4, 0.5) is 0 Å². The molecule has 0 saturated carbocycles. The first-order valence-electron chi connectivity index (χ1n) is 5.21. The van der Waals surface area contributed by atoms with Gasteiger partial charge in [0, 0.05) is 0 Å². The first-order chi connectivity index (χ1) is 6.35. The summed E-state index contributed by atoms with van der Waals surface area (Å²) in [5.74, 6) is 0. The molecule has 0 aliphatic rings. The van der Waals surface area contributed by atoms with E-state index in [9.17, 15) is 0 Å². The van der Waals surface area contributed by atoms with Crippen molar-refractivity contribution in [3.63, 3.8) is 0 Å². The van der Waals surface area contributed by atoms with Crippen molar-refractivity contribution in [2.75, 3.05) is 19.8 Å². The maximum Gasteiger partial charge on any atom is 0.0701 e. The molecule has 0 bridgehead atoms. The van der Waals surface area contributed by atoms with Gasteiger partial charge in [-0.05, 0) is 12.8 Å². The SMILES string of the molecule is CCCC(=CCOCCO)CCC. The molecule has 2 nitrogen and oxygen atoms in total.